The molecular weight excluding hydrogens is 238 g/mol. The Hall–Kier alpha value is -1.95. The number of H-pyrrole nitrogens is 1. The van der Waals surface area contributed by atoms with E-state index >= 15 is 0 Å². The summed E-state index contributed by atoms with van der Waals surface area (Å²) in [5.74, 6) is -0.202. The van der Waals surface area contributed by atoms with Gasteiger partial charge in [-0.1, -0.05) is 0 Å². The molecule has 0 atom stereocenters. The number of aromatic amines is 1. The predicted molar refractivity (Wildman–Crippen MR) is 67.8 cm³/mol. The second-order valence-electron chi connectivity index (χ2n) is 3.63. The van der Waals surface area contributed by atoms with Crippen LogP contribution in [-0.4, -0.2) is 22.5 Å². The minimum absolute atomic E-state index is 0.174. The van der Waals surface area contributed by atoms with Crippen LogP contribution in [0.5, 0.6) is 0 Å². The summed E-state index contributed by atoms with van der Waals surface area (Å²) in [6.07, 6.45) is 0. The van der Waals surface area contributed by atoms with Gasteiger partial charge in [0.2, 0.25) is 0 Å². The summed E-state index contributed by atoms with van der Waals surface area (Å²) in [5.41, 5.74) is 0.880. The maximum absolute atomic E-state index is 11.9. The lowest BCUT2D eigenvalue weighted by molar-refractivity contribution is 0.0963. The fourth-order valence-electron chi connectivity index (χ4n) is 1.59. The third kappa shape index (κ3) is 1.87. The van der Waals surface area contributed by atoms with Crippen LogP contribution in [0.25, 0.3) is 10.9 Å². The van der Waals surface area contributed by atoms with Crippen LogP contribution in [0.15, 0.2) is 23.0 Å². The van der Waals surface area contributed by atoms with Crippen molar-refractivity contribution in [2.75, 3.05) is 7.05 Å². The van der Waals surface area contributed by atoms with Gasteiger partial charge in [-0.15, -0.1) is 0 Å². The van der Waals surface area contributed by atoms with Gasteiger partial charge in [0.25, 0.3) is 11.5 Å². The highest BCUT2D eigenvalue weighted by Crippen LogP contribution is 2.10. The Balaban J connectivity index is 2.80. The molecule has 0 unspecified atom stereocenters. The van der Waals surface area contributed by atoms with Gasteiger partial charge in [0.1, 0.15) is 0 Å². The Morgan fingerprint density at radius 1 is 1.47 bits per heavy atom. The van der Waals surface area contributed by atoms with Crippen LogP contribution >= 0.6 is 12.2 Å². The Bertz CT molecular complexity index is 715. The quantitative estimate of drug-likeness (QED) is 0.740. The molecule has 88 valence electrons. The molecule has 2 aromatic rings. The zero-order valence-corrected chi connectivity index (χ0v) is 10.2. The first kappa shape index (κ1) is 11.5. The highest BCUT2D eigenvalue weighted by atomic mass is 32.1. The van der Waals surface area contributed by atoms with E-state index in [2.05, 4.69) is 10.3 Å². The van der Waals surface area contributed by atoms with Crippen molar-refractivity contribution in [2.45, 2.75) is 0 Å². The maximum Gasteiger partial charge on any atom is 0.261 e. The smallest absolute Gasteiger partial charge is 0.261 e. The lowest BCUT2D eigenvalue weighted by Crippen LogP contribution is -2.20. The van der Waals surface area contributed by atoms with Crippen LogP contribution in [0.1, 0.15) is 10.4 Å². The van der Waals surface area contributed by atoms with Gasteiger partial charge in [-0.25, -0.2) is 0 Å². The van der Waals surface area contributed by atoms with Crippen molar-refractivity contribution in [2.24, 2.45) is 7.05 Å². The topological polar surface area (TPSA) is 66.9 Å². The summed E-state index contributed by atoms with van der Waals surface area (Å²) in [5, 5.41) is 3.03. The van der Waals surface area contributed by atoms with E-state index in [9.17, 15) is 9.59 Å². The minimum Gasteiger partial charge on any atom is -0.355 e. The van der Waals surface area contributed by atoms with E-state index in [0.717, 1.165) is 0 Å². The highest BCUT2D eigenvalue weighted by molar-refractivity contribution is 7.71. The van der Waals surface area contributed by atoms with Gasteiger partial charge in [-0.05, 0) is 30.4 Å². The van der Waals surface area contributed by atoms with Crippen molar-refractivity contribution in [3.8, 4) is 0 Å². The molecule has 17 heavy (non-hydrogen) atoms. The SMILES string of the molecule is CNC(=O)c1ccc2c(=O)n(C)c(=S)[nH]c2c1. The van der Waals surface area contributed by atoms with E-state index in [1.807, 2.05) is 0 Å². The summed E-state index contributed by atoms with van der Waals surface area (Å²) < 4.78 is 1.69. The van der Waals surface area contributed by atoms with E-state index in [1.54, 1.807) is 32.3 Å². The average molecular weight is 249 g/mol. The van der Waals surface area contributed by atoms with Gasteiger partial charge in [-0.2, -0.15) is 0 Å². The number of fused-ring (bicyclic) bond motifs is 1. The molecule has 0 saturated heterocycles. The van der Waals surface area contributed by atoms with E-state index in [0.29, 0.717) is 21.2 Å². The fraction of sp³-hybridized carbons (Fsp3) is 0.182. The minimum atomic E-state index is -0.202. The van der Waals surface area contributed by atoms with E-state index in [4.69, 9.17) is 12.2 Å². The van der Waals surface area contributed by atoms with Crippen LogP contribution in [0.2, 0.25) is 0 Å². The van der Waals surface area contributed by atoms with E-state index < -0.39 is 0 Å². The number of carbonyl (C=O) groups is 1. The van der Waals surface area contributed by atoms with Crippen molar-refractivity contribution in [1.29, 1.82) is 0 Å². The molecule has 5 nitrogen and oxygen atoms in total. The molecule has 0 bridgehead atoms. The van der Waals surface area contributed by atoms with Crippen molar-refractivity contribution >= 4 is 29.0 Å². The highest BCUT2D eigenvalue weighted by Gasteiger charge is 2.07. The van der Waals surface area contributed by atoms with Gasteiger partial charge in [-0.3, -0.25) is 14.2 Å². The Kier molecular flexibility index (Phi) is 2.81. The van der Waals surface area contributed by atoms with E-state index in [-0.39, 0.29) is 11.5 Å². The van der Waals surface area contributed by atoms with Gasteiger partial charge in [0, 0.05) is 19.7 Å². The second kappa shape index (κ2) is 4.14. The summed E-state index contributed by atoms with van der Waals surface area (Å²) >= 11 is 5.01. The molecule has 2 N–H and O–H groups in total. The zero-order chi connectivity index (χ0) is 12.6. The molecule has 1 amide bonds. The number of hydrogen-bond donors (Lipinski definition) is 2. The molecule has 0 aliphatic carbocycles. The second-order valence-corrected chi connectivity index (χ2v) is 4.02. The number of benzene rings is 1. The molecule has 0 spiro atoms. The number of amides is 1. The number of nitrogens with one attached hydrogen (secondary N) is 2. The van der Waals surface area contributed by atoms with Crippen LogP contribution in [-0.2, 0) is 7.05 Å². The maximum atomic E-state index is 11.9. The summed E-state index contributed by atoms with van der Waals surface area (Å²) in [6, 6.07) is 4.85. The largest absolute Gasteiger partial charge is 0.355 e. The standard InChI is InChI=1S/C11H11N3O2S/c1-12-9(15)6-3-4-7-8(5-6)13-11(17)14(2)10(7)16/h3-5H,1-2H3,(H,12,15)(H,13,17). The third-order valence-electron chi connectivity index (χ3n) is 2.59. The lowest BCUT2D eigenvalue weighted by atomic mass is 10.1. The molecule has 0 aliphatic rings. The number of rotatable bonds is 1. The van der Waals surface area contributed by atoms with Crippen molar-refractivity contribution in [3.05, 3.63) is 38.9 Å². The first-order valence-corrected chi connectivity index (χ1v) is 5.40. The average Bonchev–Trinajstić information content (AvgIpc) is 2.34. The van der Waals surface area contributed by atoms with Gasteiger partial charge >= 0.3 is 0 Å². The molecule has 6 heteroatoms. The Labute approximate surface area is 102 Å². The van der Waals surface area contributed by atoms with Gasteiger partial charge in [0.05, 0.1) is 10.9 Å². The van der Waals surface area contributed by atoms with Gasteiger partial charge in [0.15, 0.2) is 4.77 Å². The molecule has 0 radical (unpaired) electrons. The molecule has 1 aromatic heterocycles. The van der Waals surface area contributed by atoms with E-state index in [1.165, 1.54) is 4.57 Å². The summed E-state index contributed by atoms with van der Waals surface area (Å²) in [4.78, 5) is 26.3. The van der Waals surface area contributed by atoms with Crippen molar-refractivity contribution < 1.29 is 4.79 Å². The molecule has 0 aliphatic heterocycles. The number of carbonyl (C=O) groups excluding carboxylic acids is 1. The lowest BCUT2D eigenvalue weighted by Gasteiger charge is -2.04. The van der Waals surface area contributed by atoms with Crippen LogP contribution in [0.3, 0.4) is 0 Å². The first-order valence-electron chi connectivity index (χ1n) is 4.99. The van der Waals surface area contributed by atoms with Crippen molar-refractivity contribution in [1.82, 2.24) is 14.9 Å². The monoisotopic (exact) mass is 249 g/mol. The Morgan fingerprint density at radius 3 is 2.82 bits per heavy atom. The summed E-state index contributed by atoms with van der Waals surface area (Å²) in [7, 11) is 3.16. The zero-order valence-electron chi connectivity index (χ0n) is 9.40. The summed E-state index contributed by atoms with van der Waals surface area (Å²) in [6.45, 7) is 0. The predicted octanol–water partition coefficient (Wildman–Crippen LogP) is 0.956. The van der Waals surface area contributed by atoms with Crippen LogP contribution < -0.4 is 10.9 Å². The molecule has 2 rings (SSSR count). The molecule has 1 heterocycles. The fourth-order valence-corrected chi connectivity index (χ4v) is 1.78. The van der Waals surface area contributed by atoms with Crippen LogP contribution in [0.4, 0.5) is 0 Å². The number of hydrogen-bond acceptors (Lipinski definition) is 3. The van der Waals surface area contributed by atoms with Crippen LogP contribution in [0, 0.1) is 4.77 Å². The Morgan fingerprint density at radius 2 is 2.18 bits per heavy atom. The normalized spacial score (nSPS) is 10.5. The van der Waals surface area contributed by atoms with Gasteiger partial charge < -0.3 is 10.3 Å². The third-order valence-corrected chi connectivity index (χ3v) is 2.97. The molecule has 1 aromatic carbocycles. The number of nitrogens with zero attached hydrogens (tertiary/aromatic N) is 1. The first-order chi connectivity index (χ1) is 8.04. The molecule has 0 fully saturated rings. The molecular formula is C11H11N3O2S. The molecule has 0 saturated carbocycles. The van der Waals surface area contributed by atoms with Crippen molar-refractivity contribution in [3.63, 3.8) is 0 Å². The number of aromatic nitrogens is 2.